The topological polar surface area (TPSA) is 56.2 Å². The molecular weight excluding hydrogens is 424 g/mol. The van der Waals surface area contributed by atoms with E-state index in [4.69, 9.17) is 4.74 Å². The highest BCUT2D eigenvalue weighted by Gasteiger charge is 2.20. The molecule has 0 aliphatic rings. The molecule has 3 aromatic carbocycles. The Labute approximate surface area is 190 Å². The third kappa shape index (κ3) is 5.44. The summed E-state index contributed by atoms with van der Waals surface area (Å²) in [4.78, 5) is 12.5. The lowest BCUT2D eigenvalue weighted by atomic mass is 10.1. The van der Waals surface area contributed by atoms with Crippen LogP contribution in [0.25, 0.3) is 5.69 Å². The van der Waals surface area contributed by atoms with Crippen molar-refractivity contribution in [3.8, 4) is 17.3 Å². The third-order valence-electron chi connectivity index (χ3n) is 5.16. The number of amides is 1. The molecule has 4 rings (SSSR count). The zero-order chi connectivity index (χ0) is 23.4. The number of hydrogen-bond acceptors (Lipinski definition) is 3. The summed E-state index contributed by atoms with van der Waals surface area (Å²) < 4.78 is 34.7. The smallest absolute Gasteiger partial charge is 0.226 e. The van der Waals surface area contributed by atoms with Crippen molar-refractivity contribution in [1.82, 2.24) is 9.78 Å². The largest absolute Gasteiger partial charge is 0.439 e. The Bertz CT molecular complexity index is 1270. The second-order valence-corrected chi connectivity index (χ2v) is 7.73. The van der Waals surface area contributed by atoms with Gasteiger partial charge >= 0.3 is 0 Å². The second kappa shape index (κ2) is 9.65. The molecule has 0 unspecified atom stereocenters. The van der Waals surface area contributed by atoms with Crippen LogP contribution in [0.1, 0.15) is 23.2 Å². The molecule has 33 heavy (non-hydrogen) atoms. The molecule has 5 nitrogen and oxygen atoms in total. The van der Waals surface area contributed by atoms with Gasteiger partial charge in [-0.25, -0.2) is 13.5 Å². The van der Waals surface area contributed by atoms with E-state index >= 15 is 0 Å². The van der Waals surface area contributed by atoms with Crippen LogP contribution in [-0.4, -0.2) is 15.7 Å². The van der Waals surface area contributed by atoms with E-state index in [1.165, 1.54) is 28.9 Å². The highest BCUT2D eigenvalue weighted by molar-refractivity contribution is 5.90. The molecule has 0 spiro atoms. The van der Waals surface area contributed by atoms with Gasteiger partial charge in [-0.1, -0.05) is 23.8 Å². The molecule has 4 aromatic rings. The van der Waals surface area contributed by atoms with E-state index in [1.807, 2.05) is 38.1 Å². The van der Waals surface area contributed by atoms with Crippen molar-refractivity contribution in [2.24, 2.45) is 0 Å². The number of ether oxygens (including phenoxy) is 1. The van der Waals surface area contributed by atoms with Crippen molar-refractivity contribution >= 4 is 11.6 Å². The van der Waals surface area contributed by atoms with Gasteiger partial charge in [-0.05, 0) is 68.8 Å². The number of carbonyl (C=O) groups is 1. The molecular formula is C26H23F2N3O2. The van der Waals surface area contributed by atoms with Gasteiger partial charge in [0, 0.05) is 23.7 Å². The summed E-state index contributed by atoms with van der Waals surface area (Å²) in [5.41, 5.74) is 3.79. The summed E-state index contributed by atoms with van der Waals surface area (Å²) in [6.07, 6.45) is 0.554. The number of nitrogens with one attached hydrogen (secondary N) is 1. The lowest BCUT2D eigenvalue weighted by Gasteiger charge is -2.12. The normalized spacial score (nSPS) is 10.8. The van der Waals surface area contributed by atoms with Crippen LogP contribution in [0, 0.1) is 25.5 Å². The van der Waals surface area contributed by atoms with Crippen LogP contribution in [0.5, 0.6) is 11.6 Å². The van der Waals surface area contributed by atoms with Crippen molar-refractivity contribution in [1.29, 1.82) is 0 Å². The fourth-order valence-electron chi connectivity index (χ4n) is 3.43. The number of halogens is 2. The minimum atomic E-state index is -0.434. The Morgan fingerprint density at radius 3 is 2.39 bits per heavy atom. The summed E-state index contributed by atoms with van der Waals surface area (Å²) in [6, 6.07) is 19.1. The number of anilines is 1. The molecule has 0 radical (unpaired) electrons. The number of rotatable bonds is 7. The summed E-state index contributed by atoms with van der Waals surface area (Å²) in [7, 11) is 0. The molecule has 1 heterocycles. The number of benzene rings is 3. The van der Waals surface area contributed by atoms with Crippen LogP contribution in [0.3, 0.4) is 0 Å². The number of hydrogen-bond donors (Lipinski definition) is 1. The van der Waals surface area contributed by atoms with E-state index in [-0.39, 0.29) is 18.1 Å². The number of aromatic nitrogens is 2. The van der Waals surface area contributed by atoms with Gasteiger partial charge in [-0.15, -0.1) is 0 Å². The molecule has 0 fully saturated rings. The number of nitrogens with zero attached hydrogens (tertiary/aromatic N) is 2. The molecule has 1 N–H and O–H groups in total. The van der Waals surface area contributed by atoms with E-state index in [9.17, 15) is 13.6 Å². The molecule has 0 saturated heterocycles. The van der Waals surface area contributed by atoms with Crippen LogP contribution < -0.4 is 10.1 Å². The van der Waals surface area contributed by atoms with Crippen molar-refractivity contribution in [3.05, 3.63) is 101 Å². The summed E-state index contributed by atoms with van der Waals surface area (Å²) in [5, 5.41) is 7.43. The van der Waals surface area contributed by atoms with E-state index in [0.29, 0.717) is 35.0 Å². The first-order chi connectivity index (χ1) is 15.9. The van der Waals surface area contributed by atoms with Gasteiger partial charge in [0.1, 0.15) is 17.4 Å². The van der Waals surface area contributed by atoms with Crippen LogP contribution in [0.15, 0.2) is 72.8 Å². The van der Waals surface area contributed by atoms with Crippen LogP contribution >= 0.6 is 0 Å². The zero-order valence-corrected chi connectivity index (χ0v) is 18.3. The predicted octanol–water partition coefficient (Wildman–Crippen LogP) is 6.13. The Kier molecular flexibility index (Phi) is 6.49. The van der Waals surface area contributed by atoms with Gasteiger partial charge in [0.05, 0.1) is 11.4 Å². The molecule has 168 valence electrons. The minimum absolute atomic E-state index is 0.149. The Morgan fingerprint density at radius 2 is 1.70 bits per heavy atom. The maximum Gasteiger partial charge on any atom is 0.226 e. The molecule has 0 atom stereocenters. The Morgan fingerprint density at radius 1 is 0.970 bits per heavy atom. The number of aryl methyl sites for hydroxylation is 2. The van der Waals surface area contributed by atoms with E-state index in [1.54, 1.807) is 24.3 Å². The summed E-state index contributed by atoms with van der Waals surface area (Å²) in [6.45, 7) is 3.79. The van der Waals surface area contributed by atoms with Gasteiger partial charge < -0.3 is 10.1 Å². The van der Waals surface area contributed by atoms with E-state index in [2.05, 4.69) is 10.4 Å². The minimum Gasteiger partial charge on any atom is -0.439 e. The Hall–Kier alpha value is -4.00. The zero-order valence-electron chi connectivity index (χ0n) is 18.3. The maximum atomic E-state index is 13.7. The van der Waals surface area contributed by atoms with Gasteiger partial charge in [0.15, 0.2) is 0 Å². The molecule has 0 bridgehead atoms. The fourth-order valence-corrected chi connectivity index (χ4v) is 3.43. The second-order valence-electron chi connectivity index (χ2n) is 7.73. The molecule has 0 aliphatic carbocycles. The highest BCUT2D eigenvalue weighted by atomic mass is 19.1. The lowest BCUT2D eigenvalue weighted by Crippen LogP contribution is -2.12. The molecule has 1 amide bonds. The molecule has 7 heteroatoms. The maximum absolute atomic E-state index is 13.7. The standard InChI is InChI=1S/C26H23F2N3O2/c1-17-6-10-21(11-7-17)29-25(32)15-14-24-18(2)30-31(22-12-8-19(27)9-13-22)26(24)33-23-5-3-4-20(28)16-23/h3-13,16H,14-15H2,1-2H3,(H,29,32). The van der Waals surface area contributed by atoms with Crippen LogP contribution in [0.2, 0.25) is 0 Å². The third-order valence-corrected chi connectivity index (χ3v) is 5.16. The first-order valence-corrected chi connectivity index (χ1v) is 10.5. The van der Waals surface area contributed by atoms with Crippen LogP contribution in [-0.2, 0) is 11.2 Å². The average Bonchev–Trinajstić information content (AvgIpc) is 3.09. The fraction of sp³-hybridized carbons (Fsp3) is 0.154. The number of carbonyl (C=O) groups excluding carboxylic acids is 1. The average molecular weight is 447 g/mol. The van der Waals surface area contributed by atoms with Gasteiger partial charge in [0.2, 0.25) is 11.8 Å². The van der Waals surface area contributed by atoms with Gasteiger partial charge in [-0.2, -0.15) is 5.10 Å². The van der Waals surface area contributed by atoms with E-state index < -0.39 is 5.82 Å². The van der Waals surface area contributed by atoms with Crippen LogP contribution in [0.4, 0.5) is 14.5 Å². The van der Waals surface area contributed by atoms with Crippen molar-refractivity contribution in [2.45, 2.75) is 26.7 Å². The van der Waals surface area contributed by atoms with Crippen molar-refractivity contribution in [2.75, 3.05) is 5.32 Å². The summed E-state index contributed by atoms with van der Waals surface area (Å²) in [5.74, 6) is -0.305. The monoisotopic (exact) mass is 447 g/mol. The quantitative estimate of drug-likeness (QED) is 0.371. The lowest BCUT2D eigenvalue weighted by molar-refractivity contribution is -0.116. The predicted molar refractivity (Wildman–Crippen MR) is 123 cm³/mol. The summed E-state index contributed by atoms with van der Waals surface area (Å²) >= 11 is 0. The molecule has 0 aliphatic heterocycles. The Balaban J connectivity index is 1.61. The first kappa shape index (κ1) is 22.2. The van der Waals surface area contributed by atoms with Gasteiger partial charge in [-0.3, -0.25) is 4.79 Å². The highest BCUT2D eigenvalue weighted by Crippen LogP contribution is 2.32. The SMILES string of the molecule is Cc1ccc(NC(=O)CCc2c(C)nn(-c3ccc(F)cc3)c2Oc2cccc(F)c2)cc1. The molecule has 0 saturated carbocycles. The van der Waals surface area contributed by atoms with E-state index in [0.717, 1.165) is 11.3 Å². The van der Waals surface area contributed by atoms with Crippen molar-refractivity contribution in [3.63, 3.8) is 0 Å². The van der Waals surface area contributed by atoms with Gasteiger partial charge in [0.25, 0.3) is 0 Å². The first-order valence-electron chi connectivity index (χ1n) is 10.5. The van der Waals surface area contributed by atoms with Crippen molar-refractivity contribution < 1.29 is 18.3 Å². The molecule has 1 aromatic heterocycles.